The monoisotopic (exact) mass is 449 g/mol. The van der Waals surface area contributed by atoms with E-state index in [1.807, 2.05) is 0 Å². The predicted molar refractivity (Wildman–Crippen MR) is 123 cm³/mol. The van der Waals surface area contributed by atoms with Crippen molar-refractivity contribution in [3.05, 3.63) is 48.1 Å². The van der Waals surface area contributed by atoms with Crippen molar-refractivity contribution in [3.63, 3.8) is 0 Å². The molecule has 1 amide bonds. The van der Waals surface area contributed by atoms with E-state index < -0.39 is 11.7 Å². The van der Waals surface area contributed by atoms with E-state index in [0.29, 0.717) is 17.3 Å². The normalized spacial score (nSPS) is 21.9. The average Bonchev–Trinajstić information content (AvgIpc) is 3.55. The van der Waals surface area contributed by atoms with Crippen molar-refractivity contribution in [2.45, 2.75) is 38.6 Å². The smallest absolute Gasteiger partial charge is 0.275 e. The number of likely N-dealkylation sites (tertiary alicyclic amines) is 1. The van der Waals surface area contributed by atoms with E-state index in [1.54, 1.807) is 29.9 Å². The van der Waals surface area contributed by atoms with Gasteiger partial charge in [0.15, 0.2) is 11.5 Å². The first-order valence-electron chi connectivity index (χ1n) is 11.8. The molecule has 0 spiro atoms. The van der Waals surface area contributed by atoms with Gasteiger partial charge in [-0.3, -0.25) is 4.79 Å². The lowest BCUT2D eigenvalue weighted by Crippen LogP contribution is -2.54. The third kappa shape index (κ3) is 4.06. The maximum atomic E-state index is 14.3. The van der Waals surface area contributed by atoms with Gasteiger partial charge < -0.3 is 19.5 Å². The molecule has 172 valence electrons. The molecule has 1 aliphatic carbocycles. The molecular weight excluding hydrogens is 421 g/mol. The number of rotatable bonds is 5. The molecule has 1 atom stereocenters. The SMILES string of the molecule is Cc1cn2cc(NC(=O)c3cnc(N4CC(C5CCCN(C6CC6)C5)C4)cn3)cc(F)c2n1. The number of aryl methyl sites for hydroxylation is 1. The summed E-state index contributed by atoms with van der Waals surface area (Å²) in [5, 5.41) is 2.70. The van der Waals surface area contributed by atoms with Crippen molar-refractivity contribution >= 4 is 23.1 Å². The Hall–Kier alpha value is -3.07. The summed E-state index contributed by atoms with van der Waals surface area (Å²) in [6.45, 7) is 6.33. The third-order valence-corrected chi connectivity index (χ3v) is 7.21. The van der Waals surface area contributed by atoms with Crippen molar-refractivity contribution in [1.82, 2.24) is 24.3 Å². The lowest BCUT2D eigenvalue weighted by atomic mass is 9.80. The average molecular weight is 450 g/mol. The van der Waals surface area contributed by atoms with Gasteiger partial charge in [0.25, 0.3) is 5.91 Å². The van der Waals surface area contributed by atoms with Crippen LogP contribution in [-0.2, 0) is 0 Å². The van der Waals surface area contributed by atoms with Crippen LogP contribution in [0.25, 0.3) is 5.65 Å². The van der Waals surface area contributed by atoms with Gasteiger partial charge in [-0.2, -0.15) is 0 Å². The maximum Gasteiger partial charge on any atom is 0.275 e. The minimum absolute atomic E-state index is 0.200. The molecule has 0 radical (unpaired) electrons. The van der Waals surface area contributed by atoms with Gasteiger partial charge in [-0.1, -0.05) is 0 Å². The number of pyridine rings is 1. The van der Waals surface area contributed by atoms with Crippen LogP contribution in [0.4, 0.5) is 15.9 Å². The molecule has 8 nitrogen and oxygen atoms in total. The Balaban J connectivity index is 1.06. The summed E-state index contributed by atoms with van der Waals surface area (Å²) >= 11 is 0. The Morgan fingerprint density at radius 2 is 1.94 bits per heavy atom. The first-order valence-corrected chi connectivity index (χ1v) is 11.8. The molecule has 3 aromatic heterocycles. The van der Waals surface area contributed by atoms with Crippen LogP contribution in [0.5, 0.6) is 0 Å². The highest BCUT2D eigenvalue weighted by Crippen LogP contribution is 2.36. The number of hydrogen-bond donors (Lipinski definition) is 1. The van der Waals surface area contributed by atoms with E-state index in [1.165, 1.54) is 51.0 Å². The number of carbonyl (C=O) groups is 1. The molecule has 3 aromatic rings. The Kier molecular flexibility index (Phi) is 5.01. The molecule has 6 rings (SSSR count). The molecule has 3 aliphatic rings. The van der Waals surface area contributed by atoms with Crippen LogP contribution >= 0.6 is 0 Å². The Morgan fingerprint density at radius 3 is 2.70 bits per heavy atom. The molecule has 2 saturated heterocycles. The number of nitrogens with one attached hydrogen (secondary N) is 1. The van der Waals surface area contributed by atoms with Gasteiger partial charge in [0, 0.05) is 44.1 Å². The van der Waals surface area contributed by atoms with Gasteiger partial charge >= 0.3 is 0 Å². The van der Waals surface area contributed by atoms with E-state index in [0.717, 1.165) is 30.9 Å². The molecule has 5 heterocycles. The first kappa shape index (κ1) is 20.5. The van der Waals surface area contributed by atoms with Crippen molar-refractivity contribution in [2.24, 2.45) is 11.8 Å². The minimum atomic E-state index is -0.493. The molecule has 1 saturated carbocycles. The fraction of sp³-hybridized carbons (Fsp3) is 0.500. The third-order valence-electron chi connectivity index (χ3n) is 7.21. The molecule has 1 unspecified atom stereocenters. The van der Waals surface area contributed by atoms with E-state index in [4.69, 9.17) is 0 Å². The molecule has 0 aromatic carbocycles. The van der Waals surface area contributed by atoms with E-state index in [2.05, 4.69) is 30.1 Å². The van der Waals surface area contributed by atoms with Crippen LogP contribution in [-0.4, -0.2) is 62.4 Å². The lowest BCUT2D eigenvalue weighted by molar-refractivity contribution is 0.102. The summed E-state index contributed by atoms with van der Waals surface area (Å²) in [4.78, 5) is 30.4. The topological polar surface area (TPSA) is 78.7 Å². The number of carbonyl (C=O) groups excluding carboxylic acids is 1. The van der Waals surface area contributed by atoms with E-state index >= 15 is 0 Å². The van der Waals surface area contributed by atoms with Crippen LogP contribution < -0.4 is 10.2 Å². The predicted octanol–water partition coefficient (Wildman–Crippen LogP) is 3.13. The molecule has 1 N–H and O–H groups in total. The van der Waals surface area contributed by atoms with Crippen LogP contribution in [0, 0.1) is 24.6 Å². The highest BCUT2D eigenvalue weighted by atomic mass is 19.1. The molecule has 3 fully saturated rings. The van der Waals surface area contributed by atoms with Crippen LogP contribution in [0.15, 0.2) is 30.9 Å². The number of halogens is 1. The molecule has 2 aliphatic heterocycles. The van der Waals surface area contributed by atoms with Gasteiger partial charge in [0.05, 0.1) is 23.8 Å². The second-order valence-corrected chi connectivity index (χ2v) is 9.70. The zero-order valence-electron chi connectivity index (χ0n) is 18.7. The summed E-state index contributed by atoms with van der Waals surface area (Å²) in [6.07, 6.45) is 11.9. The Morgan fingerprint density at radius 1 is 1.09 bits per heavy atom. The highest BCUT2D eigenvalue weighted by molar-refractivity contribution is 6.02. The number of aromatic nitrogens is 4. The number of hydrogen-bond acceptors (Lipinski definition) is 6. The van der Waals surface area contributed by atoms with E-state index in [-0.39, 0.29) is 11.3 Å². The van der Waals surface area contributed by atoms with Gasteiger partial charge in [-0.05, 0) is 51.0 Å². The molecular formula is C24H28FN7O. The molecule has 0 bridgehead atoms. The van der Waals surface area contributed by atoms with Gasteiger partial charge in [-0.15, -0.1) is 0 Å². The van der Waals surface area contributed by atoms with Crippen molar-refractivity contribution in [1.29, 1.82) is 0 Å². The van der Waals surface area contributed by atoms with Crippen molar-refractivity contribution in [2.75, 3.05) is 36.4 Å². The largest absolute Gasteiger partial charge is 0.355 e. The molecule has 9 heteroatoms. The number of piperidine rings is 1. The summed E-state index contributed by atoms with van der Waals surface area (Å²) in [6, 6.07) is 2.12. The van der Waals surface area contributed by atoms with Crippen molar-refractivity contribution in [3.8, 4) is 0 Å². The summed E-state index contributed by atoms with van der Waals surface area (Å²) < 4.78 is 15.8. The standard InChI is InChI=1S/C24H28FN7O/c1-15-10-32-14-18(7-20(25)23(32)28-15)29-24(33)21-8-27-22(9-26-21)31-12-17(13-31)16-3-2-6-30(11-16)19-4-5-19/h7-10,14,16-17,19H,2-6,11-13H2,1H3,(H,29,33). The van der Waals surface area contributed by atoms with Crippen LogP contribution in [0.3, 0.4) is 0 Å². The number of nitrogens with zero attached hydrogens (tertiary/aromatic N) is 6. The summed E-state index contributed by atoms with van der Waals surface area (Å²) in [7, 11) is 0. The minimum Gasteiger partial charge on any atom is -0.355 e. The highest BCUT2D eigenvalue weighted by Gasteiger charge is 2.39. The van der Waals surface area contributed by atoms with E-state index in [9.17, 15) is 9.18 Å². The Bertz CT molecular complexity index is 1180. The molecule has 33 heavy (non-hydrogen) atoms. The Labute approximate surface area is 191 Å². The quantitative estimate of drug-likeness (QED) is 0.645. The number of imidazole rings is 1. The first-order chi connectivity index (χ1) is 16.0. The second-order valence-electron chi connectivity index (χ2n) is 9.70. The van der Waals surface area contributed by atoms with Crippen LogP contribution in [0.2, 0.25) is 0 Å². The number of anilines is 2. The zero-order valence-corrected chi connectivity index (χ0v) is 18.7. The fourth-order valence-electron chi connectivity index (χ4n) is 5.24. The van der Waals surface area contributed by atoms with Crippen LogP contribution in [0.1, 0.15) is 41.9 Å². The number of amides is 1. The zero-order chi connectivity index (χ0) is 22.5. The number of fused-ring (bicyclic) bond motifs is 1. The summed E-state index contributed by atoms with van der Waals surface area (Å²) in [5.74, 6) is 1.39. The maximum absolute atomic E-state index is 14.3. The van der Waals surface area contributed by atoms with Gasteiger partial charge in [0.1, 0.15) is 11.5 Å². The van der Waals surface area contributed by atoms with Gasteiger partial charge in [-0.25, -0.2) is 19.3 Å². The van der Waals surface area contributed by atoms with Crippen molar-refractivity contribution < 1.29 is 9.18 Å². The lowest BCUT2D eigenvalue weighted by Gasteiger charge is -2.47. The fourth-order valence-corrected chi connectivity index (χ4v) is 5.24. The summed E-state index contributed by atoms with van der Waals surface area (Å²) in [5.41, 5.74) is 1.48. The van der Waals surface area contributed by atoms with Gasteiger partial charge in [0.2, 0.25) is 0 Å². The second kappa shape index (κ2) is 8.06.